The van der Waals surface area contributed by atoms with Crippen LogP contribution in [-0.4, -0.2) is 80.5 Å². The molecule has 1 fully saturated rings. The third-order valence-corrected chi connectivity index (χ3v) is 6.61. The van der Waals surface area contributed by atoms with Crippen LogP contribution in [-0.2, 0) is 11.3 Å². The number of nitrogens with zero attached hydrogens (tertiary/aromatic N) is 4. The maximum Gasteiger partial charge on any atom is 0.254 e. The molecule has 0 spiro atoms. The van der Waals surface area contributed by atoms with Crippen molar-refractivity contribution in [3.63, 3.8) is 0 Å². The topological polar surface area (TPSA) is 71.3 Å². The van der Waals surface area contributed by atoms with Gasteiger partial charge in [0.2, 0.25) is 5.88 Å². The molecule has 1 amide bonds. The standard InChI is InChI=1S/C28H36N4O4/c1-4-31(5-2)28-25(26(29-36-28)22-10-7-6-8-11-22)21-32(15-14-30-16-18-35-19-17-30)27(33)23-12-9-13-24(20-23)34-3/h6-13,20H,4-5,14-19,21H2,1-3H3. The van der Waals surface area contributed by atoms with Crippen molar-refractivity contribution in [3.8, 4) is 17.0 Å². The predicted octanol–water partition coefficient (Wildman–Crippen LogP) is 4.17. The molecule has 8 heteroatoms. The van der Waals surface area contributed by atoms with Gasteiger partial charge in [-0.3, -0.25) is 9.69 Å². The number of methoxy groups -OCH3 is 1. The van der Waals surface area contributed by atoms with Crippen LogP contribution in [0.1, 0.15) is 29.8 Å². The van der Waals surface area contributed by atoms with Crippen molar-refractivity contribution < 1.29 is 18.8 Å². The molecule has 0 radical (unpaired) electrons. The average molecular weight is 493 g/mol. The number of carbonyl (C=O) groups is 1. The van der Waals surface area contributed by atoms with Crippen molar-refractivity contribution in [2.75, 3.05) is 64.5 Å². The zero-order valence-corrected chi connectivity index (χ0v) is 21.5. The molecule has 1 aliphatic heterocycles. The monoisotopic (exact) mass is 492 g/mol. The van der Waals surface area contributed by atoms with Gasteiger partial charge in [-0.15, -0.1) is 0 Å². The fourth-order valence-electron chi connectivity index (χ4n) is 4.49. The lowest BCUT2D eigenvalue weighted by Gasteiger charge is -2.30. The molecule has 3 aromatic rings. The number of hydrogen-bond acceptors (Lipinski definition) is 7. The third-order valence-electron chi connectivity index (χ3n) is 6.61. The molecular weight excluding hydrogens is 456 g/mol. The second kappa shape index (κ2) is 12.6. The van der Waals surface area contributed by atoms with Crippen molar-refractivity contribution >= 4 is 11.8 Å². The number of anilines is 1. The van der Waals surface area contributed by atoms with E-state index < -0.39 is 0 Å². The number of hydrogen-bond donors (Lipinski definition) is 0. The van der Waals surface area contributed by atoms with Crippen LogP contribution < -0.4 is 9.64 Å². The van der Waals surface area contributed by atoms with Gasteiger partial charge in [0, 0.05) is 50.4 Å². The lowest BCUT2D eigenvalue weighted by Crippen LogP contribution is -2.43. The average Bonchev–Trinajstić information content (AvgIpc) is 3.35. The number of aromatic nitrogens is 1. The highest BCUT2D eigenvalue weighted by Gasteiger charge is 2.26. The molecule has 0 N–H and O–H groups in total. The molecule has 8 nitrogen and oxygen atoms in total. The van der Waals surface area contributed by atoms with Crippen LogP contribution in [0.3, 0.4) is 0 Å². The number of rotatable bonds is 11. The summed E-state index contributed by atoms with van der Waals surface area (Å²) >= 11 is 0. The SMILES string of the molecule is CCN(CC)c1onc(-c2ccccc2)c1CN(CCN1CCOCC1)C(=O)c1cccc(OC)c1. The van der Waals surface area contributed by atoms with Crippen LogP contribution in [0.4, 0.5) is 5.88 Å². The van der Waals surface area contributed by atoms with E-state index in [-0.39, 0.29) is 5.91 Å². The van der Waals surface area contributed by atoms with E-state index in [0.717, 1.165) is 62.8 Å². The van der Waals surface area contributed by atoms with E-state index >= 15 is 0 Å². The van der Waals surface area contributed by atoms with E-state index in [2.05, 4.69) is 28.8 Å². The highest BCUT2D eigenvalue weighted by Crippen LogP contribution is 2.33. The summed E-state index contributed by atoms with van der Waals surface area (Å²) in [6, 6.07) is 17.3. The van der Waals surface area contributed by atoms with E-state index in [1.54, 1.807) is 13.2 Å². The van der Waals surface area contributed by atoms with Gasteiger partial charge in [0.15, 0.2) is 0 Å². The Labute approximate surface area is 213 Å². The lowest BCUT2D eigenvalue weighted by atomic mass is 10.1. The zero-order chi connectivity index (χ0) is 25.3. The van der Waals surface area contributed by atoms with Gasteiger partial charge in [-0.1, -0.05) is 41.6 Å². The van der Waals surface area contributed by atoms with Crippen LogP contribution in [0, 0.1) is 0 Å². The van der Waals surface area contributed by atoms with Crippen LogP contribution in [0.15, 0.2) is 59.1 Å². The van der Waals surface area contributed by atoms with Crippen LogP contribution >= 0.6 is 0 Å². The zero-order valence-electron chi connectivity index (χ0n) is 21.5. The van der Waals surface area contributed by atoms with Gasteiger partial charge in [0.05, 0.1) is 32.4 Å². The smallest absolute Gasteiger partial charge is 0.254 e. The van der Waals surface area contributed by atoms with Crippen molar-refractivity contribution in [1.82, 2.24) is 15.0 Å². The Hall–Kier alpha value is -3.36. The first kappa shape index (κ1) is 25.7. The van der Waals surface area contributed by atoms with Crippen molar-refractivity contribution in [2.24, 2.45) is 0 Å². The Morgan fingerprint density at radius 1 is 1.06 bits per heavy atom. The van der Waals surface area contributed by atoms with Gasteiger partial charge in [-0.05, 0) is 32.0 Å². The summed E-state index contributed by atoms with van der Waals surface area (Å²) in [7, 11) is 1.61. The summed E-state index contributed by atoms with van der Waals surface area (Å²) in [6.45, 7) is 10.7. The number of ether oxygens (including phenoxy) is 2. The molecule has 0 aliphatic carbocycles. The largest absolute Gasteiger partial charge is 0.497 e. The highest BCUT2D eigenvalue weighted by atomic mass is 16.5. The fourth-order valence-corrected chi connectivity index (χ4v) is 4.49. The summed E-state index contributed by atoms with van der Waals surface area (Å²) < 4.78 is 16.8. The molecule has 4 rings (SSSR count). The molecule has 192 valence electrons. The summed E-state index contributed by atoms with van der Waals surface area (Å²) in [5.74, 6) is 1.33. The molecule has 0 saturated carbocycles. The Morgan fingerprint density at radius 3 is 2.50 bits per heavy atom. The number of amides is 1. The lowest BCUT2D eigenvalue weighted by molar-refractivity contribution is 0.0320. The van der Waals surface area contributed by atoms with Gasteiger partial charge in [-0.25, -0.2) is 0 Å². The van der Waals surface area contributed by atoms with Gasteiger partial charge < -0.3 is 23.8 Å². The molecule has 2 heterocycles. The van der Waals surface area contributed by atoms with Crippen LogP contribution in [0.2, 0.25) is 0 Å². The predicted molar refractivity (Wildman–Crippen MR) is 140 cm³/mol. The van der Waals surface area contributed by atoms with Gasteiger partial charge in [0.25, 0.3) is 5.91 Å². The minimum Gasteiger partial charge on any atom is -0.497 e. The first-order valence-electron chi connectivity index (χ1n) is 12.7. The number of benzene rings is 2. The maximum atomic E-state index is 13.8. The molecule has 36 heavy (non-hydrogen) atoms. The summed E-state index contributed by atoms with van der Waals surface area (Å²) in [4.78, 5) is 20.2. The number of carbonyl (C=O) groups excluding carboxylic acids is 1. The van der Waals surface area contributed by atoms with E-state index in [0.29, 0.717) is 30.3 Å². The van der Waals surface area contributed by atoms with Gasteiger partial charge in [0.1, 0.15) is 11.4 Å². The quantitative estimate of drug-likeness (QED) is 0.398. The molecule has 1 aromatic heterocycles. The highest BCUT2D eigenvalue weighted by molar-refractivity contribution is 5.94. The first-order valence-corrected chi connectivity index (χ1v) is 12.7. The summed E-state index contributed by atoms with van der Waals surface area (Å²) in [5.41, 5.74) is 3.26. The van der Waals surface area contributed by atoms with Crippen molar-refractivity contribution in [3.05, 3.63) is 65.7 Å². The third kappa shape index (κ3) is 6.06. The molecule has 2 aromatic carbocycles. The summed E-state index contributed by atoms with van der Waals surface area (Å²) in [5, 5.41) is 4.46. The Morgan fingerprint density at radius 2 is 1.81 bits per heavy atom. The molecule has 0 atom stereocenters. The maximum absolute atomic E-state index is 13.8. The Bertz CT molecular complexity index is 1110. The van der Waals surface area contributed by atoms with Gasteiger partial charge in [-0.2, -0.15) is 0 Å². The first-order chi connectivity index (χ1) is 17.6. The van der Waals surface area contributed by atoms with E-state index in [1.165, 1.54) is 0 Å². The van der Waals surface area contributed by atoms with Crippen molar-refractivity contribution in [2.45, 2.75) is 20.4 Å². The summed E-state index contributed by atoms with van der Waals surface area (Å²) in [6.07, 6.45) is 0. The van der Waals surface area contributed by atoms with Crippen molar-refractivity contribution in [1.29, 1.82) is 0 Å². The van der Waals surface area contributed by atoms with Gasteiger partial charge >= 0.3 is 0 Å². The van der Waals surface area contributed by atoms with E-state index in [1.807, 2.05) is 53.4 Å². The second-order valence-electron chi connectivity index (χ2n) is 8.77. The molecule has 1 saturated heterocycles. The second-order valence-corrected chi connectivity index (χ2v) is 8.77. The van der Waals surface area contributed by atoms with Crippen LogP contribution in [0.5, 0.6) is 5.75 Å². The van der Waals surface area contributed by atoms with Crippen LogP contribution in [0.25, 0.3) is 11.3 Å². The molecular formula is C28H36N4O4. The van der Waals surface area contributed by atoms with E-state index in [9.17, 15) is 4.79 Å². The molecule has 1 aliphatic rings. The molecule has 0 bridgehead atoms. The Kier molecular flexibility index (Phi) is 8.97. The fraction of sp³-hybridized carbons (Fsp3) is 0.429. The normalized spacial score (nSPS) is 14.0. The molecule has 0 unspecified atom stereocenters. The minimum atomic E-state index is -0.0483. The van der Waals surface area contributed by atoms with E-state index in [4.69, 9.17) is 14.0 Å². The Balaban J connectivity index is 1.69. The minimum absolute atomic E-state index is 0.0483. The number of morpholine rings is 1.